The van der Waals surface area contributed by atoms with Crippen LogP contribution in [-0.4, -0.2) is 62.1 Å². The van der Waals surface area contributed by atoms with Crippen molar-refractivity contribution in [3.8, 4) is 0 Å². The van der Waals surface area contributed by atoms with Gasteiger partial charge in [0, 0.05) is 33.4 Å². The van der Waals surface area contributed by atoms with Crippen molar-refractivity contribution in [2.45, 2.75) is 6.92 Å². The van der Waals surface area contributed by atoms with Gasteiger partial charge in [-0.2, -0.15) is 0 Å². The van der Waals surface area contributed by atoms with Crippen LogP contribution in [0.15, 0.2) is 18.3 Å². The molecule has 2 amide bonds. The van der Waals surface area contributed by atoms with Gasteiger partial charge in [0.1, 0.15) is 5.82 Å². The third-order valence-corrected chi connectivity index (χ3v) is 2.56. The van der Waals surface area contributed by atoms with Gasteiger partial charge in [-0.25, -0.2) is 9.78 Å². The first-order valence-electron chi connectivity index (χ1n) is 5.98. The normalized spacial score (nSPS) is 10.6. The number of anilines is 1. The lowest BCUT2D eigenvalue weighted by Crippen LogP contribution is -2.43. The Morgan fingerprint density at radius 2 is 1.89 bits per heavy atom. The number of amides is 2. The van der Waals surface area contributed by atoms with E-state index in [1.165, 1.54) is 0 Å². The lowest BCUT2D eigenvalue weighted by Gasteiger charge is -2.26. The Balaban J connectivity index is 2.93. The van der Waals surface area contributed by atoms with Gasteiger partial charge in [0.15, 0.2) is 0 Å². The molecule has 5 nitrogen and oxygen atoms in total. The van der Waals surface area contributed by atoms with E-state index < -0.39 is 0 Å². The fraction of sp³-hybridized carbons (Fsp3) is 0.538. The molecule has 1 aromatic rings. The fourth-order valence-corrected chi connectivity index (χ4v) is 1.52. The van der Waals surface area contributed by atoms with Crippen LogP contribution in [0.1, 0.15) is 5.56 Å². The van der Waals surface area contributed by atoms with Crippen molar-refractivity contribution >= 4 is 11.8 Å². The lowest BCUT2D eigenvalue weighted by molar-refractivity contribution is 0.222. The number of likely N-dealkylation sites (N-methyl/N-ethyl adjacent to an activating group) is 1. The maximum absolute atomic E-state index is 12.2. The van der Waals surface area contributed by atoms with E-state index in [0.717, 1.165) is 12.1 Å². The van der Waals surface area contributed by atoms with Crippen molar-refractivity contribution in [3.05, 3.63) is 23.9 Å². The quantitative estimate of drug-likeness (QED) is 0.812. The summed E-state index contributed by atoms with van der Waals surface area (Å²) in [6, 6.07) is 3.81. The molecule has 1 rings (SSSR count). The van der Waals surface area contributed by atoms with Crippen molar-refractivity contribution in [1.29, 1.82) is 0 Å². The second-order valence-corrected chi connectivity index (χ2v) is 4.82. The molecule has 0 saturated heterocycles. The summed E-state index contributed by atoms with van der Waals surface area (Å²) in [5.74, 6) is 0.704. The van der Waals surface area contributed by atoms with E-state index in [4.69, 9.17) is 0 Å². The number of carbonyl (C=O) groups excluding carboxylic acids is 1. The zero-order valence-corrected chi connectivity index (χ0v) is 11.8. The average Bonchev–Trinajstić information content (AvgIpc) is 2.28. The SMILES string of the molecule is Cc1ccnc(N(CCN(C)C)C(=O)N(C)C)c1. The maximum atomic E-state index is 12.2. The van der Waals surface area contributed by atoms with Crippen LogP contribution in [0.2, 0.25) is 0 Å². The van der Waals surface area contributed by atoms with E-state index in [1.807, 2.05) is 38.1 Å². The highest BCUT2D eigenvalue weighted by molar-refractivity contribution is 5.90. The van der Waals surface area contributed by atoms with Crippen LogP contribution in [0.4, 0.5) is 10.6 Å². The molecule has 18 heavy (non-hydrogen) atoms. The molecule has 0 radical (unpaired) electrons. The third kappa shape index (κ3) is 4.00. The van der Waals surface area contributed by atoms with Gasteiger partial charge < -0.3 is 9.80 Å². The molecule has 0 unspecified atom stereocenters. The molecule has 0 atom stereocenters. The molecule has 0 aliphatic rings. The van der Waals surface area contributed by atoms with Crippen molar-refractivity contribution in [1.82, 2.24) is 14.8 Å². The highest BCUT2D eigenvalue weighted by Gasteiger charge is 2.18. The first-order valence-corrected chi connectivity index (χ1v) is 5.98. The minimum absolute atomic E-state index is 0.0463. The fourth-order valence-electron chi connectivity index (χ4n) is 1.52. The van der Waals surface area contributed by atoms with Crippen molar-refractivity contribution in [2.24, 2.45) is 0 Å². The number of urea groups is 1. The van der Waals surface area contributed by atoms with E-state index in [1.54, 1.807) is 30.1 Å². The molecule has 0 fully saturated rings. The zero-order chi connectivity index (χ0) is 13.7. The third-order valence-electron chi connectivity index (χ3n) is 2.56. The van der Waals surface area contributed by atoms with Crippen LogP contribution in [-0.2, 0) is 0 Å². The average molecular weight is 250 g/mol. The topological polar surface area (TPSA) is 39.7 Å². The summed E-state index contributed by atoms with van der Waals surface area (Å²) in [5.41, 5.74) is 1.10. The largest absolute Gasteiger partial charge is 0.330 e. The number of aromatic nitrogens is 1. The van der Waals surface area contributed by atoms with Crippen LogP contribution in [0.5, 0.6) is 0 Å². The van der Waals surface area contributed by atoms with Crippen molar-refractivity contribution in [2.75, 3.05) is 46.2 Å². The lowest BCUT2D eigenvalue weighted by atomic mass is 10.3. The molecule has 0 aliphatic carbocycles. The molecule has 0 bridgehead atoms. The molecule has 1 aromatic heterocycles. The Morgan fingerprint density at radius 3 is 2.39 bits per heavy atom. The van der Waals surface area contributed by atoms with Crippen molar-refractivity contribution in [3.63, 3.8) is 0 Å². The Bertz CT molecular complexity index is 404. The van der Waals surface area contributed by atoms with Gasteiger partial charge in [-0.1, -0.05) is 0 Å². The van der Waals surface area contributed by atoms with Gasteiger partial charge in [-0.3, -0.25) is 4.90 Å². The summed E-state index contributed by atoms with van der Waals surface area (Å²) < 4.78 is 0. The van der Waals surface area contributed by atoms with Gasteiger partial charge in [0.05, 0.1) is 0 Å². The standard InChI is InChI=1S/C13H22N4O/c1-11-6-7-14-12(10-11)17(9-8-15(2)3)13(18)16(4)5/h6-7,10H,8-9H2,1-5H3. The predicted molar refractivity (Wildman–Crippen MR) is 74.0 cm³/mol. The van der Waals surface area contributed by atoms with Crippen LogP contribution in [0.3, 0.4) is 0 Å². The Hall–Kier alpha value is -1.62. The van der Waals surface area contributed by atoms with Crippen molar-refractivity contribution < 1.29 is 4.79 Å². The summed E-state index contributed by atoms with van der Waals surface area (Å²) in [4.78, 5) is 21.8. The highest BCUT2D eigenvalue weighted by Crippen LogP contribution is 2.13. The first-order chi connectivity index (χ1) is 8.41. The summed E-state index contributed by atoms with van der Waals surface area (Å²) in [6.45, 7) is 3.42. The monoisotopic (exact) mass is 250 g/mol. The predicted octanol–water partition coefficient (Wildman–Crippen LogP) is 1.44. The molecule has 1 heterocycles. The Morgan fingerprint density at radius 1 is 1.22 bits per heavy atom. The van der Waals surface area contributed by atoms with Crippen LogP contribution >= 0.6 is 0 Å². The smallest absolute Gasteiger partial charge is 0.325 e. The summed E-state index contributed by atoms with van der Waals surface area (Å²) >= 11 is 0. The Kier molecular flexibility index (Phi) is 5.09. The number of hydrogen-bond acceptors (Lipinski definition) is 3. The molecule has 0 spiro atoms. The minimum atomic E-state index is -0.0463. The zero-order valence-electron chi connectivity index (χ0n) is 11.8. The summed E-state index contributed by atoms with van der Waals surface area (Å²) in [6.07, 6.45) is 1.73. The van der Waals surface area contributed by atoms with E-state index >= 15 is 0 Å². The highest BCUT2D eigenvalue weighted by atomic mass is 16.2. The van der Waals surface area contributed by atoms with Crippen LogP contribution in [0, 0.1) is 6.92 Å². The van der Waals surface area contributed by atoms with E-state index in [-0.39, 0.29) is 6.03 Å². The molecule has 0 N–H and O–H groups in total. The van der Waals surface area contributed by atoms with Gasteiger partial charge in [-0.15, -0.1) is 0 Å². The molecule has 0 aromatic carbocycles. The second kappa shape index (κ2) is 6.35. The van der Waals surface area contributed by atoms with Gasteiger partial charge in [0.2, 0.25) is 0 Å². The van der Waals surface area contributed by atoms with E-state index in [9.17, 15) is 4.79 Å². The number of rotatable bonds is 4. The number of aryl methyl sites for hydroxylation is 1. The first kappa shape index (κ1) is 14.4. The summed E-state index contributed by atoms with van der Waals surface area (Å²) in [7, 11) is 7.48. The van der Waals surface area contributed by atoms with E-state index in [0.29, 0.717) is 12.4 Å². The molecule has 0 saturated carbocycles. The summed E-state index contributed by atoms with van der Waals surface area (Å²) in [5, 5.41) is 0. The van der Waals surface area contributed by atoms with E-state index in [2.05, 4.69) is 4.98 Å². The second-order valence-electron chi connectivity index (χ2n) is 4.82. The number of carbonyl (C=O) groups is 1. The number of pyridine rings is 1. The van der Waals surface area contributed by atoms with Gasteiger partial charge >= 0.3 is 6.03 Å². The molecule has 5 heteroatoms. The molecule has 100 valence electrons. The minimum Gasteiger partial charge on any atom is -0.330 e. The van der Waals surface area contributed by atoms with Crippen LogP contribution < -0.4 is 4.90 Å². The number of nitrogens with zero attached hydrogens (tertiary/aromatic N) is 4. The van der Waals surface area contributed by atoms with Crippen LogP contribution in [0.25, 0.3) is 0 Å². The molecular formula is C13H22N4O. The Labute approximate surface area is 109 Å². The number of hydrogen-bond donors (Lipinski definition) is 0. The molecule has 0 aliphatic heterocycles. The maximum Gasteiger partial charge on any atom is 0.325 e. The van der Waals surface area contributed by atoms with Gasteiger partial charge in [-0.05, 0) is 38.7 Å². The molecular weight excluding hydrogens is 228 g/mol. The van der Waals surface area contributed by atoms with Gasteiger partial charge in [0.25, 0.3) is 0 Å².